The van der Waals surface area contributed by atoms with Gasteiger partial charge in [0.1, 0.15) is 11.5 Å². The number of hydrogen-bond acceptors (Lipinski definition) is 5. The molecule has 184 valence electrons. The molecule has 0 aliphatic heterocycles. The maximum absolute atomic E-state index is 13.4. The van der Waals surface area contributed by atoms with Crippen molar-refractivity contribution in [2.24, 2.45) is 0 Å². The maximum atomic E-state index is 13.4. The molecular formula is C21H22F6LiO5P. The molecule has 0 aliphatic rings. The summed E-state index contributed by atoms with van der Waals surface area (Å²) in [6.45, 7) is 3.12. The Morgan fingerprint density at radius 1 is 0.882 bits per heavy atom. The smallest absolute Gasteiger partial charge is 1.00 e. The zero-order chi connectivity index (χ0) is 25.0. The van der Waals surface area contributed by atoms with E-state index in [1.807, 2.05) is 0 Å². The topological polar surface area (TPSA) is 54.0 Å². The van der Waals surface area contributed by atoms with E-state index in [4.69, 9.17) is 18.9 Å². The molecule has 0 N–H and O–H groups in total. The summed E-state index contributed by atoms with van der Waals surface area (Å²) in [5, 5.41) is 0.0754. The van der Waals surface area contributed by atoms with E-state index in [9.17, 15) is 31.1 Å². The summed E-state index contributed by atoms with van der Waals surface area (Å²) >= 11 is 0. The van der Waals surface area contributed by atoms with Gasteiger partial charge < -0.3 is 20.4 Å². The monoisotopic (exact) mass is 506 g/mol. The number of carbonyl (C=O) groups excluding carboxylic acids is 1. The molecule has 3 atom stereocenters. The molecule has 0 amide bonds. The van der Waals surface area contributed by atoms with Crippen molar-refractivity contribution in [2.75, 3.05) is 14.2 Å². The Labute approximate surface area is 207 Å². The van der Waals surface area contributed by atoms with Crippen LogP contribution in [0.25, 0.3) is 0 Å². The molecule has 0 saturated heterocycles. The van der Waals surface area contributed by atoms with Crippen LogP contribution in [0.1, 0.15) is 36.8 Å². The number of alkyl halides is 6. The third-order valence-corrected chi connectivity index (χ3v) is 5.52. The summed E-state index contributed by atoms with van der Waals surface area (Å²) in [4.78, 5) is 12.8. The summed E-state index contributed by atoms with van der Waals surface area (Å²) in [6.07, 6.45) is -11.8. The number of halogens is 6. The Bertz CT molecular complexity index is 957. The molecule has 0 spiro atoms. The summed E-state index contributed by atoms with van der Waals surface area (Å²) in [5.41, 5.74) is -6.09. The molecular weight excluding hydrogens is 484 g/mol. The number of ether oxygens (including phenoxy) is 4. The molecule has 0 radical (unpaired) electrons. The number of benzene rings is 2. The van der Waals surface area contributed by atoms with Crippen LogP contribution in [-0.4, -0.2) is 32.3 Å². The fraction of sp³-hybridized carbons (Fsp3) is 0.381. The summed E-state index contributed by atoms with van der Waals surface area (Å²) in [5.74, 6) is 0.255. The Morgan fingerprint density at radius 3 is 1.85 bits per heavy atom. The van der Waals surface area contributed by atoms with Crippen LogP contribution < -0.4 is 33.6 Å². The Morgan fingerprint density at radius 2 is 1.38 bits per heavy atom. The minimum absolute atomic E-state index is 0. The molecule has 2 rings (SSSR count). The standard InChI is InChI=1S/C21H21F6O5P.Li.H/c1-11(29-3)31-13-8-9-17(16(10-13)32-12(2)30-4)33-19(28)18-14(20(22,23)24)6-5-7-15(18)21(25,26)27;;/h5-12,33H,1-4H3;;/q;+1;-1. The third kappa shape index (κ3) is 7.89. The minimum Gasteiger partial charge on any atom is -1.00 e. The maximum Gasteiger partial charge on any atom is 1.00 e. The summed E-state index contributed by atoms with van der Waals surface area (Å²) < 4.78 is 102. The molecule has 13 heteroatoms. The number of rotatable bonds is 9. The van der Waals surface area contributed by atoms with Gasteiger partial charge in [0.05, 0.1) is 11.1 Å². The van der Waals surface area contributed by atoms with Crippen molar-refractivity contribution in [2.45, 2.75) is 38.8 Å². The van der Waals surface area contributed by atoms with E-state index in [-0.39, 0.29) is 37.1 Å². The van der Waals surface area contributed by atoms with Gasteiger partial charge in [0.25, 0.3) is 0 Å². The Kier molecular flexibility index (Phi) is 10.9. The van der Waals surface area contributed by atoms with Gasteiger partial charge >= 0.3 is 31.2 Å². The number of methoxy groups -OCH3 is 2. The van der Waals surface area contributed by atoms with Crippen LogP contribution >= 0.6 is 8.58 Å². The third-order valence-electron chi connectivity index (χ3n) is 4.36. The Balaban J connectivity index is 0.00000578. The molecule has 0 aromatic heterocycles. The molecule has 2 aromatic rings. The average molecular weight is 506 g/mol. The van der Waals surface area contributed by atoms with Gasteiger partial charge in [-0.15, -0.1) is 0 Å². The van der Waals surface area contributed by atoms with Crippen LogP contribution in [0, 0.1) is 0 Å². The fourth-order valence-electron chi connectivity index (χ4n) is 2.70. The van der Waals surface area contributed by atoms with E-state index >= 15 is 0 Å². The van der Waals surface area contributed by atoms with Crippen LogP contribution in [0.15, 0.2) is 36.4 Å². The number of hydrogen-bond donors (Lipinski definition) is 0. The largest absolute Gasteiger partial charge is 1.00 e. The van der Waals surface area contributed by atoms with E-state index in [1.165, 1.54) is 39.3 Å². The van der Waals surface area contributed by atoms with Crippen LogP contribution in [0.5, 0.6) is 11.5 Å². The summed E-state index contributed by atoms with van der Waals surface area (Å²) in [7, 11) is 1.63. The first-order chi connectivity index (χ1) is 15.3. The van der Waals surface area contributed by atoms with Gasteiger partial charge in [-0.3, -0.25) is 4.79 Å². The molecule has 0 heterocycles. The normalized spacial score (nSPS) is 13.9. The first-order valence-electron chi connectivity index (χ1n) is 9.39. The molecule has 0 bridgehead atoms. The average Bonchev–Trinajstić information content (AvgIpc) is 2.73. The van der Waals surface area contributed by atoms with Gasteiger partial charge in [-0.1, -0.05) is 6.07 Å². The predicted octanol–water partition coefficient (Wildman–Crippen LogP) is 2.73. The van der Waals surface area contributed by atoms with Crippen molar-refractivity contribution in [3.05, 3.63) is 53.1 Å². The zero-order valence-corrected chi connectivity index (χ0v) is 19.9. The second kappa shape index (κ2) is 12.3. The second-order valence-corrected chi connectivity index (χ2v) is 7.92. The first-order valence-corrected chi connectivity index (χ1v) is 10.4. The molecule has 34 heavy (non-hydrogen) atoms. The van der Waals surface area contributed by atoms with Crippen molar-refractivity contribution >= 4 is 19.4 Å². The van der Waals surface area contributed by atoms with Gasteiger partial charge in [-0.2, -0.15) is 26.3 Å². The van der Waals surface area contributed by atoms with Crippen molar-refractivity contribution in [1.29, 1.82) is 0 Å². The molecule has 5 nitrogen and oxygen atoms in total. The predicted molar refractivity (Wildman–Crippen MR) is 110 cm³/mol. The second-order valence-electron chi connectivity index (χ2n) is 6.68. The van der Waals surface area contributed by atoms with E-state index < -0.39 is 55.7 Å². The minimum atomic E-state index is -5.16. The molecule has 0 fully saturated rings. The zero-order valence-electron chi connectivity index (χ0n) is 19.9. The number of carbonyl (C=O) groups is 1. The van der Waals surface area contributed by atoms with Crippen LogP contribution in [-0.2, 0) is 21.8 Å². The van der Waals surface area contributed by atoms with E-state index in [0.29, 0.717) is 18.2 Å². The first kappa shape index (κ1) is 30.3. The van der Waals surface area contributed by atoms with Gasteiger partial charge in [-0.05, 0) is 46.7 Å². The SMILES string of the molecule is COC(C)Oc1ccc(PC(=O)c2c(C(F)(F)F)cccc2C(F)(F)F)c(OC(C)OC)c1.[H-].[Li+]. The van der Waals surface area contributed by atoms with Crippen molar-refractivity contribution in [1.82, 2.24) is 0 Å². The van der Waals surface area contributed by atoms with Gasteiger partial charge in [0.15, 0.2) is 18.1 Å². The van der Waals surface area contributed by atoms with Crippen molar-refractivity contribution < 1.29 is 70.4 Å². The van der Waals surface area contributed by atoms with Crippen LogP contribution in [0.2, 0.25) is 0 Å². The molecule has 0 aliphatic carbocycles. The van der Waals surface area contributed by atoms with Gasteiger partial charge in [0.2, 0.25) is 0 Å². The summed E-state index contributed by atoms with van der Waals surface area (Å²) in [6, 6.07) is 5.58. The van der Waals surface area contributed by atoms with Crippen LogP contribution in [0.4, 0.5) is 26.3 Å². The molecule has 2 aromatic carbocycles. The quantitative estimate of drug-likeness (QED) is 0.227. The van der Waals surface area contributed by atoms with Gasteiger partial charge in [0, 0.05) is 31.2 Å². The van der Waals surface area contributed by atoms with E-state index in [0.717, 1.165) is 0 Å². The van der Waals surface area contributed by atoms with Crippen molar-refractivity contribution in [3.63, 3.8) is 0 Å². The van der Waals surface area contributed by atoms with E-state index in [1.54, 1.807) is 6.92 Å². The van der Waals surface area contributed by atoms with Crippen LogP contribution in [0.3, 0.4) is 0 Å². The van der Waals surface area contributed by atoms with Crippen molar-refractivity contribution in [3.8, 4) is 11.5 Å². The molecule has 3 unspecified atom stereocenters. The van der Waals surface area contributed by atoms with Gasteiger partial charge in [-0.25, -0.2) is 0 Å². The Hall–Kier alpha value is -1.76. The fourth-order valence-corrected chi connectivity index (χ4v) is 3.76. The molecule has 0 saturated carbocycles. The van der Waals surface area contributed by atoms with E-state index in [2.05, 4.69) is 0 Å².